The number of carbonyl (C=O) groups is 1. The number of rotatable bonds is 3. The lowest BCUT2D eigenvalue weighted by Gasteiger charge is -2.32. The van der Waals surface area contributed by atoms with Gasteiger partial charge in [0.25, 0.3) is 0 Å². The van der Waals surface area contributed by atoms with Gasteiger partial charge in [-0.25, -0.2) is 0 Å². The summed E-state index contributed by atoms with van der Waals surface area (Å²) in [5, 5.41) is 2.83. The first-order valence-electron chi connectivity index (χ1n) is 7.01. The number of amides is 1. The highest BCUT2D eigenvalue weighted by molar-refractivity contribution is 5.95. The summed E-state index contributed by atoms with van der Waals surface area (Å²) in [6.45, 7) is 3.14. The van der Waals surface area contributed by atoms with Gasteiger partial charge in [0, 0.05) is 43.2 Å². The maximum Gasteiger partial charge on any atom is 0.416 e. The summed E-state index contributed by atoms with van der Waals surface area (Å²) in [6.07, 6.45) is -4.57. The van der Waals surface area contributed by atoms with Crippen LogP contribution < -0.4 is 0 Å². The highest BCUT2D eigenvalue weighted by Gasteiger charge is 2.34. The van der Waals surface area contributed by atoms with Gasteiger partial charge in [0.1, 0.15) is 0 Å². The third-order valence-corrected chi connectivity index (χ3v) is 3.79. The maximum absolute atomic E-state index is 13.3. The minimum absolute atomic E-state index is 0.111. The summed E-state index contributed by atoms with van der Waals surface area (Å²) >= 11 is 0. The lowest BCUT2D eigenvalue weighted by molar-refractivity contribution is -0.138. The van der Waals surface area contributed by atoms with Gasteiger partial charge in [-0.3, -0.25) is 9.69 Å². The Labute approximate surface area is 131 Å². The molecule has 9 heteroatoms. The summed E-state index contributed by atoms with van der Waals surface area (Å²) in [6, 6.07) is 3.29. The Morgan fingerprint density at radius 3 is 2.52 bits per heavy atom. The van der Waals surface area contributed by atoms with E-state index in [-0.39, 0.29) is 17.7 Å². The molecule has 0 N–H and O–H groups in total. The average molecular weight is 327 g/mol. The van der Waals surface area contributed by atoms with Gasteiger partial charge < -0.3 is 4.90 Å². The van der Waals surface area contributed by atoms with Crippen LogP contribution in [0.3, 0.4) is 0 Å². The molecule has 1 aliphatic heterocycles. The Hall–Kier alpha value is -2.09. The van der Waals surface area contributed by atoms with Crippen molar-refractivity contribution in [3.63, 3.8) is 0 Å². The summed E-state index contributed by atoms with van der Waals surface area (Å²) in [5.41, 5.74) is 7.20. The van der Waals surface area contributed by atoms with Crippen LogP contribution in [0.2, 0.25) is 0 Å². The number of likely N-dealkylation sites (N-methyl/N-ethyl adjacent to an activating group) is 1. The lowest BCUT2D eigenvalue weighted by Crippen LogP contribution is -2.44. The SMILES string of the molecule is CN1CCN(Cc2ccc(C(=O)N=[N+]=[N-])cc2C(F)(F)F)CC1. The topological polar surface area (TPSA) is 72.3 Å². The van der Waals surface area contributed by atoms with Crippen molar-refractivity contribution < 1.29 is 18.0 Å². The molecule has 0 spiro atoms. The molecular formula is C14H16F3N5O. The zero-order valence-corrected chi connectivity index (χ0v) is 12.5. The van der Waals surface area contributed by atoms with Gasteiger partial charge in [-0.15, -0.1) is 0 Å². The fraction of sp³-hybridized carbons (Fsp3) is 0.500. The van der Waals surface area contributed by atoms with Crippen LogP contribution in [0.25, 0.3) is 10.4 Å². The predicted molar refractivity (Wildman–Crippen MR) is 77.7 cm³/mol. The van der Waals surface area contributed by atoms with E-state index in [1.165, 1.54) is 12.1 Å². The van der Waals surface area contributed by atoms with E-state index in [0.717, 1.165) is 19.2 Å². The molecule has 23 heavy (non-hydrogen) atoms. The van der Waals surface area contributed by atoms with E-state index in [1.807, 2.05) is 11.9 Å². The third-order valence-electron chi connectivity index (χ3n) is 3.79. The van der Waals surface area contributed by atoms with Crippen molar-refractivity contribution in [3.05, 3.63) is 45.3 Å². The zero-order valence-electron chi connectivity index (χ0n) is 12.5. The van der Waals surface area contributed by atoms with Crippen molar-refractivity contribution >= 4 is 5.91 Å². The highest BCUT2D eigenvalue weighted by Crippen LogP contribution is 2.33. The van der Waals surface area contributed by atoms with Crippen LogP contribution in [-0.2, 0) is 12.7 Å². The van der Waals surface area contributed by atoms with Gasteiger partial charge in [-0.1, -0.05) is 12.1 Å². The second-order valence-corrected chi connectivity index (χ2v) is 5.44. The minimum Gasteiger partial charge on any atom is -0.304 e. The Balaban J connectivity index is 2.28. The number of benzene rings is 1. The van der Waals surface area contributed by atoms with Gasteiger partial charge in [0.05, 0.1) is 5.56 Å². The second-order valence-electron chi connectivity index (χ2n) is 5.44. The number of azide groups is 1. The standard InChI is InChI=1S/C14H16F3N5O/c1-21-4-6-22(7-5-21)9-11-3-2-10(13(23)19-20-18)8-12(11)14(15,16)17/h2-3,8H,4-7,9H2,1H3. The molecule has 1 aromatic carbocycles. The summed E-state index contributed by atoms with van der Waals surface area (Å²) < 4.78 is 39.8. The summed E-state index contributed by atoms with van der Waals surface area (Å²) in [7, 11) is 1.97. The molecule has 1 saturated heterocycles. The average Bonchev–Trinajstić information content (AvgIpc) is 2.49. The molecule has 1 amide bonds. The van der Waals surface area contributed by atoms with Crippen molar-refractivity contribution in [2.75, 3.05) is 33.2 Å². The largest absolute Gasteiger partial charge is 0.416 e. The molecule has 0 saturated carbocycles. The van der Waals surface area contributed by atoms with Gasteiger partial charge in [-0.05, 0) is 29.3 Å². The molecule has 1 aromatic rings. The van der Waals surface area contributed by atoms with E-state index >= 15 is 0 Å². The van der Waals surface area contributed by atoms with Gasteiger partial charge >= 0.3 is 6.18 Å². The fourth-order valence-corrected chi connectivity index (χ4v) is 2.46. The van der Waals surface area contributed by atoms with Crippen LogP contribution in [0.4, 0.5) is 13.2 Å². The quantitative estimate of drug-likeness (QED) is 0.487. The summed E-state index contributed by atoms with van der Waals surface area (Å²) in [4.78, 5) is 17.8. The molecule has 0 radical (unpaired) electrons. The minimum atomic E-state index is -4.57. The molecule has 1 aliphatic rings. The number of halogens is 3. The third kappa shape index (κ3) is 4.44. The molecule has 124 valence electrons. The first kappa shape index (κ1) is 17.3. The number of carbonyl (C=O) groups excluding carboxylic acids is 1. The second kappa shape index (κ2) is 6.99. The Kier molecular flexibility index (Phi) is 5.25. The smallest absolute Gasteiger partial charge is 0.304 e. The molecular weight excluding hydrogens is 311 g/mol. The van der Waals surface area contributed by atoms with Gasteiger partial charge in [0.15, 0.2) is 0 Å². The van der Waals surface area contributed by atoms with Crippen LogP contribution in [0.1, 0.15) is 21.5 Å². The fourth-order valence-electron chi connectivity index (χ4n) is 2.46. The Morgan fingerprint density at radius 1 is 1.30 bits per heavy atom. The van der Waals surface area contributed by atoms with E-state index in [4.69, 9.17) is 5.53 Å². The molecule has 0 bridgehead atoms. The van der Waals surface area contributed by atoms with E-state index < -0.39 is 17.6 Å². The summed E-state index contributed by atoms with van der Waals surface area (Å²) in [5.74, 6) is -1.02. The van der Waals surface area contributed by atoms with Crippen LogP contribution in [0, 0.1) is 0 Å². The van der Waals surface area contributed by atoms with E-state index in [2.05, 4.69) is 14.9 Å². The molecule has 1 heterocycles. The number of hydrogen-bond donors (Lipinski definition) is 0. The van der Waals surface area contributed by atoms with Gasteiger partial charge in [-0.2, -0.15) is 13.2 Å². The predicted octanol–water partition coefficient (Wildman–Crippen LogP) is 2.90. The Morgan fingerprint density at radius 2 is 1.96 bits per heavy atom. The van der Waals surface area contributed by atoms with Gasteiger partial charge in [0.2, 0.25) is 5.91 Å². The van der Waals surface area contributed by atoms with E-state index in [1.54, 1.807) is 0 Å². The molecule has 1 fully saturated rings. The number of hydrogen-bond acceptors (Lipinski definition) is 3. The lowest BCUT2D eigenvalue weighted by atomic mass is 10.0. The van der Waals surface area contributed by atoms with Crippen molar-refractivity contribution in [1.82, 2.24) is 9.80 Å². The molecule has 0 aromatic heterocycles. The molecule has 0 aliphatic carbocycles. The molecule has 0 atom stereocenters. The van der Waals surface area contributed by atoms with E-state index in [0.29, 0.717) is 13.1 Å². The monoisotopic (exact) mass is 327 g/mol. The van der Waals surface area contributed by atoms with Crippen LogP contribution in [0.5, 0.6) is 0 Å². The van der Waals surface area contributed by atoms with Crippen molar-refractivity contribution in [2.24, 2.45) is 5.11 Å². The van der Waals surface area contributed by atoms with Crippen molar-refractivity contribution in [2.45, 2.75) is 12.7 Å². The highest BCUT2D eigenvalue weighted by atomic mass is 19.4. The maximum atomic E-state index is 13.3. The number of alkyl halides is 3. The number of nitrogens with zero attached hydrogens (tertiary/aromatic N) is 5. The van der Waals surface area contributed by atoms with Crippen molar-refractivity contribution in [3.8, 4) is 0 Å². The first-order chi connectivity index (χ1) is 10.8. The first-order valence-corrected chi connectivity index (χ1v) is 7.01. The number of piperazine rings is 1. The van der Waals surface area contributed by atoms with E-state index in [9.17, 15) is 18.0 Å². The molecule has 6 nitrogen and oxygen atoms in total. The van der Waals surface area contributed by atoms with Crippen LogP contribution in [0.15, 0.2) is 23.3 Å². The molecule has 0 unspecified atom stereocenters. The molecule has 2 rings (SSSR count). The normalized spacial score (nSPS) is 16.9. The van der Waals surface area contributed by atoms with Crippen molar-refractivity contribution in [1.29, 1.82) is 0 Å². The zero-order chi connectivity index (χ0) is 17.0. The van der Waals surface area contributed by atoms with Crippen LogP contribution in [-0.4, -0.2) is 48.9 Å². The van der Waals surface area contributed by atoms with Crippen LogP contribution >= 0.6 is 0 Å². The Bertz CT molecular complexity index is 632.